The van der Waals surface area contributed by atoms with E-state index in [9.17, 15) is 10.1 Å². The number of nitriles is 1. The molecule has 0 aliphatic carbocycles. The molecule has 6 heteroatoms. The minimum Gasteiger partial charge on any atom is -0.355 e. The molecule has 122 valence electrons. The fourth-order valence-corrected chi connectivity index (χ4v) is 3.36. The van der Waals surface area contributed by atoms with Crippen LogP contribution in [0.5, 0.6) is 0 Å². The van der Waals surface area contributed by atoms with Gasteiger partial charge in [-0.3, -0.25) is 4.79 Å². The van der Waals surface area contributed by atoms with Gasteiger partial charge < -0.3 is 14.7 Å². The Morgan fingerprint density at radius 3 is 2.57 bits per heavy atom. The summed E-state index contributed by atoms with van der Waals surface area (Å²) in [6, 6.07) is 5.78. The molecule has 0 unspecified atom stereocenters. The van der Waals surface area contributed by atoms with E-state index in [0.29, 0.717) is 11.5 Å². The molecule has 3 heterocycles. The number of pyridine rings is 1. The molecule has 0 spiro atoms. The molecule has 2 fully saturated rings. The normalized spacial score (nSPS) is 20.3. The van der Waals surface area contributed by atoms with Crippen LogP contribution in [0.4, 0.5) is 5.82 Å². The summed E-state index contributed by atoms with van der Waals surface area (Å²) >= 11 is 0. The molecule has 0 bridgehead atoms. The largest absolute Gasteiger partial charge is 0.355 e. The summed E-state index contributed by atoms with van der Waals surface area (Å²) < 4.78 is 0. The molecule has 6 nitrogen and oxygen atoms in total. The van der Waals surface area contributed by atoms with Crippen LogP contribution < -0.4 is 4.90 Å². The maximum atomic E-state index is 12.6. The first-order chi connectivity index (χ1) is 11.2. The number of piperazine rings is 1. The smallest absolute Gasteiger partial charge is 0.225 e. The molecule has 3 rings (SSSR count). The Morgan fingerprint density at radius 1 is 1.22 bits per heavy atom. The Bertz CT molecular complexity index is 595. The van der Waals surface area contributed by atoms with Gasteiger partial charge in [0.05, 0.1) is 5.56 Å². The van der Waals surface area contributed by atoms with Crippen LogP contribution in [-0.4, -0.2) is 67.0 Å². The Hall–Kier alpha value is -2.13. The number of piperidine rings is 1. The molecule has 1 aromatic heterocycles. The average molecular weight is 313 g/mol. The van der Waals surface area contributed by atoms with Gasteiger partial charge in [0.25, 0.3) is 0 Å². The number of aromatic nitrogens is 1. The van der Waals surface area contributed by atoms with E-state index in [4.69, 9.17) is 0 Å². The molecule has 0 radical (unpaired) electrons. The second-order valence-corrected chi connectivity index (χ2v) is 6.38. The number of carbonyl (C=O) groups is 1. The standard InChI is InChI=1S/C17H23N5O/c1-20-9-11-22(12-10-20)17(23)14-4-7-21(8-5-14)16-15(13-18)3-2-6-19-16/h2-3,6,14H,4-5,7-12H2,1H3. The van der Waals surface area contributed by atoms with Crippen molar-refractivity contribution in [1.29, 1.82) is 5.26 Å². The molecule has 0 N–H and O–H groups in total. The van der Waals surface area contributed by atoms with Crippen molar-refractivity contribution in [3.8, 4) is 6.07 Å². The Labute approximate surface area is 137 Å². The van der Waals surface area contributed by atoms with Crippen LogP contribution in [0.25, 0.3) is 0 Å². The van der Waals surface area contributed by atoms with Gasteiger partial charge in [-0.05, 0) is 32.0 Å². The van der Waals surface area contributed by atoms with Crippen molar-refractivity contribution in [2.75, 3.05) is 51.2 Å². The molecular formula is C17H23N5O. The quantitative estimate of drug-likeness (QED) is 0.813. The fourth-order valence-electron chi connectivity index (χ4n) is 3.36. The van der Waals surface area contributed by atoms with Gasteiger partial charge in [0.1, 0.15) is 11.9 Å². The van der Waals surface area contributed by atoms with Gasteiger partial charge in [-0.2, -0.15) is 5.26 Å². The van der Waals surface area contributed by atoms with Gasteiger partial charge in [0.2, 0.25) is 5.91 Å². The Morgan fingerprint density at radius 2 is 1.91 bits per heavy atom. The summed E-state index contributed by atoms with van der Waals surface area (Å²) in [4.78, 5) is 23.4. The summed E-state index contributed by atoms with van der Waals surface area (Å²) in [5.41, 5.74) is 0.608. The number of anilines is 1. The first kappa shape index (κ1) is 15.8. The molecule has 2 saturated heterocycles. The van der Waals surface area contributed by atoms with Crippen LogP contribution in [-0.2, 0) is 4.79 Å². The van der Waals surface area contributed by atoms with Crippen LogP contribution >= 0.6 is 0 Å². The van der Waals surface area contributed by atoms with Crippen LogP contribution in [0.2, 0.25) is 0 Å². The molecule has 2 aliphatic rings. The summed E-state index contributed by atoms with van der Waals surface area (Å²) in [5, 5.41) is 9.20. The fraction of sp³-hybridized carbons (Fsp3) is 0.588. The lowest BCUT2D eigenvalue weighted by atomic mass is 9.94. The summed E-state index contributed by atoms with van der Waals surface area (Å²) in [6.45, 7) is 5.18. The van der Waals surface area contributed by atoms with E-state index < -0.39 is 0 Å². The van der Waals surface area contributed by atoms with Crippen LogP contribution in [0.3, 0.4) is 0 Å². The highest BCUT2D eigenvalue weighted by atomic mass is 16.2. The molecule has 2 aliphatic heterocycles. The third-order valence-electron chi connectivity index (χ3n) is 4.87. The SMILES string of the molecule is CN1CCN(C(=O)C2CCN(c3ncccc3C#N)CC2)CC1. The van der Waals surface area contributed by atoms with E-state index in [1.807, 2.05) is 4.90 Å². The lowest BCUT2D eigenvalue weighted by molar-refractivity contribution is -0.137. The van der Waals surface area contributed by atoms with Gasteiger partial charge in [-0.25, -0.2) is 4.98 Å². The first-order valence-electron chi connectivity index (χ1n) is 8.26. The maximum Gasteiger partial charge on any atom is 0.225 e. The minimum absolute atomic E-state index is 0.115. The zero-order valence-electron chi connectivity index (χ0n) is 13.6. The molecule has 1 aromatic rings. The lowest BCUT2D eigenvalue weighted by Crippen LogP contribution is -2.50. The van der Waals surface area contributed by atoms with Crippen molar-refractivity contribution < 1.29 is 4.79 Å². The second kappa shape index (κ2) is 6.97. The molecule has 0 saturated carbocycles. The van der Waals surface area contributed by atoms with Crippen molar-refractivity contribution in [2.24, 2.45) is 5.92 Å². The van der Waals surface area contributed by atoms with Gasteiger partial charge in [-0.15, -0.1) is 0 Å². The zero-order valence-corrected chi connectivity index (χ0v) is 13.6. The van der Waals surface area contributed by atoms with Crippen molar-refractivity contribution >= 4 is 11.7 Å². The van der Waals surface area contributed by atoms with E-state index in [2.05, 4.69) is 27.9 Å². The van der Waals surface area contributed by atoms with Crippen molar-refractivity contribution in [1.82, 2.24) is 14.8 Å². The van der Waals surface area contributed by atoms with Gasteiger partial charge >= 0.3 is 0 Å². The second-order valence-electron chi connectivity index (χ2n) is 6.38. The number of likely N-dealkylation sites (N-methyl/N-ethyl adjacent to an activating group) is 1. The highest BCUT2D eigenvalue weighted by Gasteiger charge is 2.30. The molecule has 1 amide bonds. The van der Waals surface area contributed by atoms with Crippen LogP contribution in [0.15, 0.2) is 18.3 Å². The minimum atomic E-state index is 0.115. The van der Waals surface area contributed by atoms with E-state index >= 15 is 0 Å². The highest BCUT2D eigenvalue weighted by Crippen LogP contribution is 2.25. The average Bonchev–Trinajstić information content (AvgIpc) is 2.62. The number of hydrogen-bond acceptors (Lipinski definition) is 5. The third-order valence-corrected chi connectivity index (χ3v) is 4.87. The predicted molar refractivity (Wildman–Crippen MR) is 88.0 cm³/mol. The molecule has 0 aromatic carbocycles. The molecule has 0 atom stereocenters. The predicted octanol–water partition coefficient (Wildman–Crippen LogP) is 0.944. The number of carbonyl (C=O) groups excluding carboxylic acids is 1. The van der Waals surface area contributed by atoms with Crippen molar-refractivity contribution in [2.45, 2.75) is 12.8 Å². The number of rotatable bonds is 2. The number of nitrogens with zero attached hydrogens (tertiary/aromatic N) is 5. The number of hydrogen-bond donors (Lipinski definition) is 0. The molecular weight excluding hydrogens is 290 g/mol. The maximum absolute atomic E-state index is 12.6. The van der Waals surface area contributed by atoms with Crippen molar-refractivity contribution in [3.05, 3.63) is 23.9 Å². The van der Waals surface area contributed by atoms with E-state index in [0.717, 1.165) is 57.9 Å². The van der Waals surface area contributed by atoms with E-state index in [-0.39, 0.29) is 5.92 Å². The summed E-state index contributed by atoms with van der Waals surface area (Å²) in [7, 11) is 2.10. The third kappa shape index (κ3) is 3.45. The first-order valence-corrected chi connectivity index (χ1v) is 8.26. The van der Waals surface area contributed by atoms with Crippen LogP contribution in [0.1, 0.15) is 18.4 Å². The van der Waals surface area contributed by atoms with Crippen LogP contribution in [0, 0.1) is 17.2 Å². The van der Waals surface area contributed by atoms with E-state index in [1.165, 1.54) is 0 Å². The van der Waals surface area contributed by atoms with E-state index in [1.54, 1.807) is 18.3 Å². The summed E-state index contributed by atoms with van der Waals surface area (Å²) in [6.07, 6.45) is 3.40. The van der Waals surface area contributed by atoms with Gasteiger partial charge in [-0.1, -0.05) is 0 Å². The highest BCUT2D eigenvalue weighted by molar-refractivity contribution is 5.79. The van der Waals surface area contributed by atoms with Crippen molar-refractivity contribution in [3.63, 3.8) is 0 Å². The summed E-state index contributed by atoms with van der Waals surface area (Å²) in [5.74, 6) is 1.17. The topological polar surface area (TPSA) is 63.5 Å². The molecule has 23 heavy (non-hydrogen) atoms. The van der Waals surface area contributed by atoms with Gasteiger partial charge in [0.15, 0.2) is 0 Å². The zero-order chi connectivity index (χ0) is 16.2. The Balaban J connectivity index is 1.58. The lowest BCUT2D eigenvalue weighted by Gasteiger charge is -2.38. The van der Waals surface area contributed by atoms with Gasteiger partial charge in [0, 0.05) is 51.4 Å². The monoisotopic (exact) mass is 313 g/mol. The Kier molecular flexibility index (Phi) is 4.77. The number of amides is 1.